The van der Waals surface area contributed by atoms with Crippen LogP contribution in [0.25, 0.3) is 28.6 Å². The summed E-state index contributed by atoms with van der Waals surface area (Å²) in [4.78, 5) is 27.0. The van der Waals surface area contributed by atoms with E-state index < -0.39 is 84.9 Å². The van der Waals surface area contributed by atoms with Gasteiger partial charge in [-0.3, -0.25) is 0 Å². The minimum Gasteiger partial charge on any atom is -0.479 e. The largest absolute Gasteiger partial charge is 0.479 e. The number of aliphatic hydroxyl groups is 6. The molecule has 2 unspecified atom stereocenters. The van der Waals surface area contributed by atoms with Crippen molar-refractivity contribution >= 4 is 29.1 Å². The third-order valence-electron chi connectivity index (χ3n) is 7.01. The number of carboxylic acid groups (broad SMARTS) is 2. The average Bonchev–Trinajstić information content (AvgIpc) is 3.42. The van der Waals surface area contributed by atoms with Crippen LogP contribution in [-0.2, 0) is 19.1 Å². The number of halogens is 1. The van der Waals surface area contributed by atoms with Crippen LogP contribution in [-0.4, -0.2) is 119 Å². The van der Waals surface area contributed by atoms with Crippen LogP contribution in [0.1, 0.15) is 5.56 Å². The fourth-order valence-corrected chi connectivity index (χ4v) is 4.66. The molecule has 2 fully saturated rings. The third-order valence-corrected chi connectivity index (χ3v) is 7.01. The predicted molar refractivity (Wildman–Crippen MR) is 139 cm³/mol. The number of aliphatic carboxylic acids is 2. The van der Waals surface area contributed by atoms with Gasteiger partial charge in [-0.15, -0.1) is 0 Å². The lowest BCUT2D eigenvalue weighted by Crippen LogP contribution is -2.61. The van der Waals surface area contributed by atoms with Crippen LogP contribution >= 0.6 is 0 Å². The molecule has 3 aromatic rings. The number of carbonyl (C=O) groups is 2. The van der Waals surface area contributed by atoms with Gasteiger partial charge in [-0.1, -0.05) is 12.7 Å². The summed E-state index contributed by atoms with van der Waals surface area (Å²) >= 11 is 0. The zero-order valence-electron chi connectivity index (χ0n) is 22.2. The number of fused-ring (bicyclic) bond motifs is 1. The summed E-state index contributed by atoms with van der Waals surface area (Å²) in [5, 5.41) is 78.5. The zero-order chi connectivity index (χ0) is 32.0. The van der Waals surface area contributed by atoms with E-state index in [2.05, 4.69) is 11.6 Å². The minimum atomic E-state index is -1.96. The van der Waals surface area contributed by atoms with Gasteiger partial charge in [-0.05, 0) is 24.3 Å². The Morgan fingerprint density at radius 3 is 1.91 bits per heavy atom. The molecular formula is C27H26FNO15. The van der Waals surface area contributed by atoms with Crippen molar-refractivity contribution in [3.8, 4) is 23.0 Å². The summed E-state index contributed by atoms with van der Waals surface area (Å²) in [6.07, 6.45) is -17.4. The monoisotopic (exact) mass is 623 g/mol. The second-order valence-electron chi connectivity index (χ2n) is 9.93. The quantitative estimate of drug-likeness (QED) is 0.147. The lowest BCUT2D eigenvalue weighted by Gasteiger charge is -2.38. The van der Waals surface area contributed by atoms with E-state index in [1.54, 1.807) is 0 Å². The van der Waals surface area contributed by atoms with Crippen LogP contribution in [0, 0.1) is 5.82 Å². The van der Waals surface area contributed by atoms with Gasteiger partial charge in [-0.25, -0.2) is 19.0 Å². The van der Waals surface area contributed by atoms with Crippen LogP contribution in [0.15, 0.2) is 41.3 Å². The first-order valence-corrected chi connectivity index (χ1v) is 12.9. The minimum absolute atomic E-state index is 0.0167. The molecule has 44 heavy (non-hydrogen) atoms. The maximum atomic E-state index is 15.0. The molecule has 10 atom stereocenters. The summed E-state index contributed by atoms with van der Waals surface area (Å²) < 4.78 is 41.8. The van der Waals surface area contributed by atoms with Gasteiger partial charge in [0.1, 0.15) is 47.9 Å². The van der Waals surface area contributed by atoms with Crippen LogP contribution in [0.2, 0.25) is 0 Å². The molecule has 0 amide bonds. The van der Waals surface area contributed by atoms with E-state index in [1.165, 1.54) is 24.3 Å². The molecule has 5 rings (SSSR count). The molecule has 236 valence electrons. The predicted octanol–water partition coefficient (Wildman–Crippen LogP) is -1.18. The Kier molecular flexibility index (Phi) is 8.56. The van der Waals surface area contributed by atoms with Gasteiger partial charge in [0.05, 0.1) is 0 Å². The van der Waals surface area contributed by atoms with Crippen LogP contribution in [0.5, 0.6) is 11.5 Å². The molecule has 0 spiro atoms. The molecule has 0 aliphatic carbocycles. The summed E-state index contributed by atoms with van der Waals surface area (Å²) in [6, 6.07) is 6.08. The molecule has 0 radical (unpaired) electrons. The highest BCUT2D eigenvalue weighted by molar-refractivity contribution is 5.86. The number of carboxylic acids is 2. The van der Waals surface area contributed by atoms with Gasteiger partial charge in [-0.2, -0.15) is 0 Å². The molecular weight excluding hydrogens is 597 g/mol. The number of aliphatic hydroxyl groups excluding tert-OH is 6. The standard InChI is InChI=1S/C27H26FNO15/c1-2-8-5-10(40-26-18(34)14(30)16(32)21(43-26)24(36)37)7-12-20(8)42-23(29-12)9-3-4-13(11(28)6-9)41-27-19(35)15(31)17(33)22(44-27)25(38)39/h2-7,14-19,21-22,26-27,30-35H,1H2,(H,36,37)(H,38,39)/t14-,15-,16-,17-,18+,19+,21-,22-,26?,27?/m0/s1. The first-order chi connectivity index (χ1) is 20.8. The van der Waals surface area contributed by atoms with E-state index >= 15 is 4.39 Å². The fourth-order valence-electron chi connectivity index (χ4n) is 4.66. The number of oxazole rings is 1. The first-order valence-electron chi connectivity index (χ1n) is 12.9. The maximum absolute atomic E-state index is 15.0. The Morgan fingerprint density at radius 1 is 0.818 bits per heavy atom. The van der Waals surface area contributed by atoms with E-state index in [0.717, 1.165) is 12.1 Å². The SMILES string of the molecule is C=Cc1cc(OC2O[C@H](C(=O)O)[C@@H](O)[C@H](O)[C@H]2O)cc2nc(-c3ccc(OC4O[C@H](C(=O)O)[C@@H](O)[C@H](O)[C@H]4O)c(F)c3)oc12. The van der Waals surface area contributed by atoms with Gasteiger partial charge in [0, 0.05) is 17.2 Å². The van der Waals surface area contributed by atoms with Crippen molar-refractivity contribution in [1.29, 1.82) is 0 Å². The number of ether oxygens (including phenoxy) is 4. The topological polar surface area (TPSA) is 259 Å². The second-order valence-corrected chi connectivity index (χ2v) is 9.93. The van der Waals surface area contributed by atoms with E-state index in [-0.39, 0.29) is 28.3 Å². The summed E-state index contributed by atoms with van der Waals surface area (Å²) in [5.74, 6) is -4.85. The number of hydrogen-bond acceptors (Lipinski definition) is 14. The summed E-state index contributed by atoms with van der Waals surface area (Å²) in [7, 11) is 0. The lowest BCUT2D eigenvalue weighted by molar-refractivity contribution is -0.271. The number of rotatable bonds is 8. The highest BCUT2D eigenvalue weighted by Crippen LogP contribution is 2.34. The van der Waals surface area contributed by atoms with E-state index in [9.17, 15) is 50.4 Å². The van der Waals surface area contributed by atoms with Crippen molar-refractivity contribution in [2.24, 2.45) is 0 Å². The van der Waals surface area contributed by atoms with Gasteiger partial charge >= 0.3 is 11.9 Å². The fraction of sp³-hybridized carbons (Fsp3) is 0.370. The zero-order valence-corrected chi connectivity index (χ0v) is 22.2. The Hall–Kier alpha value is -4.20. The van der Waals surface area contributed by atoms with Crippen molar-refractivity contribution in [2.75, 3.05) is 0 Å². The summed E-state index contributed by atoms with van der Waals surface area (Å²) in [6.45, 7) is 3.68. The molecule has 0 saturated carbocycles. The maximum Gasteiger partial charge on any atom is 0.335 e. The Morgan fingerprint density at radius 2 is 1.39 bits per heavy atom. The number of nitrogens with zero attached hydrogens (tertiary/aromatic N) is 1. The van der Waals surface area contributed by atoms with E-state index in [1.807, 2.05) is 0 Å². The van der Waals surface area contributed by atoms with E-state index in [4.69, 9.17) is 23.4 Å². The van der Waals surface area contributed by atoms with Crippen molar-refractivity contribution < 1.29 is 78.2 Å². The third kappa shape index (κ3) is 5.70. The number of hydrogen-bond donors (Lipinski definition) is 8. The molecule has 2 aliphatic rings. The Labute approximate surface area is 245 Å². The molecule has 8 N–H and O–H groups in total. The average molecular weight is 623 g/mol. The number of benzene rings is 2. The van der Waals surface area contributed by atoms with Crippen molar-refractivity contribution in [3.63, 3.8) is 0 Å². The normalized spacial score (nSPS) is 32.2. The Balaban J connectivity index is 1.38. The van der Waals surface area contributed by atoms with Gasteiger partial charge in [0.15, 0.2) is 29.4 Å². The van der Waals surface area contributed by atoms with Crippen molar-refractivity contribution in [3.05, 3.63) is 48.3 Å². The summed E-state index contributed by atoms with van der Waals surface area (Å²) in [5.41, 5.74) is 0.743. The highest BCUT2D eigenvalue weighted by Gasteiger charge is 2.49. The number of aromatic nitrogens is 1. The molecule has 16 nitrogen and oxygen atoms in total. The smallest absolute Gasteiger partial charge is 0.335 e. The molecule has 1 aromatic heterocycles. The van der Waals surface area contributed by atoms with Crippen LogP contribution < -0.4 is 9.47 Å². The second kappa shape index (κ2) is 12.1. The molecule has 3 heterocycles. The van der Waals surface area contributed by atoms with Gasteiger partial charge in [0.2, 0.25) is 18.5 Å². The van der Waals surface area contributed by atoms with Crippen LogP contribution in [0.4, 0.5) is 4.39 Å². The Bertz CT molecular complexity index is 1580. The molecule has 17 heteroatoms. The van der Waals surface area contributed by atoms with Crippen molar-refractivity contribution in [1.82, 2.24) is 4.98 Å². The van der Waals surface area contributed by atoms with Gasteiger partial charge in [0.25, 0.3) is 0 Å². The lowest BCUT2D eigenvalue weighted by atomic mass is 9.99. The van der Waals surface area contributed by atoms with Crippen molar-refractivity contribution in [2.45, 2.75) is 61.4 Å². The highest BCUT2D eigenvalue weighted by atomic mass is 19.1. The first kappa shape index (κ1) is 31.2. The molecule has 2 aliphatic heterocycles. The molecule has 2 saturated heterocycles. The van der Waals surface area contributed by atoms with Crippen LogP contribution in [0.3, 0.4) is 0 Å². The molecule has 2 aromatic carbocycles. The van der Waals surface area contributed by atoms with Gasteiger partial charge < -0.3 is 64.2 Å². The molecule has 0 bridgehead atoms. The van der Waals surface area contributed by atoms with E-state index in [0.29, 0.717) is 5.56 Å².